The SMILES string of the molecule is CCC[CH]=[Al+].[H-]. The molecule has 0 nitrogen and oxygen atoms in total. The molecule has 0 N–H and O–H groups in total. The maximum Gasteiger partial charge on any atom is -1.00 e. The molecule has 0 saturated carbocycles. The topological polar surface area (TPSA) is 0 Å². The molecular formula is C4H9Al. The third-order valence-corrected chi connectivity index (χ3v) is 0.789. The van der Waals surface area contributed by atoms with Gasteiger partial charge in [-0.25, -0.2) is 0 Å². The summed E-state index contributed by atoms with van der Waals surface area (Å²) in [5.41, 5.74) is 0. The van der Waals surface area contributed by atoms with Gasteiger partial charge in [0.05, 0.1) is 0 Å². The van der Waals surface area contributed by atoms with E-state index in [1.807, 2.05) is 0 Å². The number of unbranched alkanes of at least 4 members (excludes halogenated alkanes) is 1. The van der Waals surface area contributed by atoms with Gasteiger partial charge in [-0.3, -0.25) is 0 Å². The average Bonchev–Trinajstić information content (AvgIpc) is 1.41. The number of hydrogen-bond donors (Lipinski definition) is 0. The molecule has 0 radical (unpaired) electrons. The van der Waals surface area contributed by atoms with E-state index in [1.54, 1.807) is 0 Å². The molecule has 0 spiro atoms. The minimum atomic E-state index is 0. The summed E-state index contributed by atoms with van der Waals surface area (Å²) in [6.07, 6.45) is 2.49. The Hall–Kier alpha value is 0.402. The van der Waals surface area contributed by atoms with E-state index in [0.29, 0.717) is 0 Å². The zero-order chi connectivity index (χ0) is 4.12. The molecule has 0 fully saturated rings. The molecule has 28 valence electrons. The van der Waals surface area contributed by atoms with Crippen LogP contribution < -0.4 is 0 Å². The standard InChI is InChI=1S/C4H8.Al.H/c1-3-4-2;;/h1H,3-4H2,2H3;;/q;+1;-1. The van der Waals surface area contributed by atoms with Crippen LogP contribution in [0.15, 0.2) is 0 Å². The third kappa shape index (κ3) is 4.40. The number of rotatable bonds is 2. The fourth-order valence-corrected chi connectivity index (χ4v) is 0.500. The Morgan fingerprint density at radius 3 is 2.60 bits per heavy atom. The summed E-state index contributed by atoms with van der Waals surface area (Å²) in [5, 5.41) is 0. The van der Waals surface area contributed by atoms with Crippen LogP contribution in [0.2, 0.25) is 0 Å². The van der Waals surface area contributed by atoms with E-state index < -0.39 is 0 Å². The normalized spacial score (nSPS) is 7.80. The Morgan fingerprint density at radius 1 is 2.00 bits per heavy atom. The second-order valence-electron chi connectivity index (χ2n) is 1.02. The van der Waals surface area contributed by atoms with Crippen molar-refractivity contribution in [3.8, 4) is 0 Å². The number of hydrogen-bond acceptors (Lipinski definition) is 0. The Kier molecular flexibility index (Phi) is 4.76. The summed E-state index contributed by atoms with van der Waals surface area (Å²) in [4.78, 5) is 2.10. The van der Waals surface area contributed by atoms with Gasteiger partial charge >= 0.3 is 40.5 Å². The van der Waals surface area contributed by atoms with Crippen molar-refractivity contribution in [2.75, 3.05) is 0 Å². The molecule has 5 heavy (non-hydrogen) atoms. The van der Waals surface area contributed by atoms with Gasteiger partial charge < -0.3 is 1.43 Å². The van der Waals surface area contributed by atoms with E-state index in [9.17, 15) is 0 Å². The summed E-state index contributed by atoms with van der Waals surface area (Å²) in [6.45, 7) is 2.17. The smallest absolute Gasteiger partial charge is 1.00 e. The van der Waals surface area contributed by atoms with Crippen molar-refractivity contribution in [2.45, 2.75) is 19.8 Å². The molecule has 0 aromatic rings. The first-order valence-electron chi connectivity index (χ1n) is 1.95. The van der Waals surface area contributed by atoms with Gasteiger partial charge in [0.2, 0.25) is 0 Å². The van der Waals surface area contributed by atoms with E-state index in [4.69, 9.17) is 0 Å². The van der Waals surface area contributed by atoms with Gasteiger partial charge in [-0.1, -0.05) is 0 Å². The predicted molar refractivity (Wildman–Crippen MR) is 27.8 cm³/mol. The molecular weight excluding hydrogens is 75.0 g/mol. The largest absolute Gasteiger partial charge is 1.00 e. The molecule has 0 aromatic heterocycles. The summed E-state index contributed by atoms with van der Waals surface area (Å²) in [7, 11) is 0. The van der Waals surface area contributed by atoms with Crippen molar-refractivity contribution in [1.82, 2.24) is 0 Å². The summed E-state index contributed by atoms with van der Waals surface area (Å²) in [5.74, 6) is 0. The van der Waals surface area contributed by atoms with E-state index in [-0.39, 0.29) is 1.43 Å². The molecule has 0 rings (SSSR count). The van der Waals surface area contributed by atoms with Gasteiger partial charge in [0.25, 0.3) is 0 Å². The van der Waals surface area contributed by atoms with Crippen molar-refractivity contribution in [2.24, 2.45) is 0 Å². The first kappa shape index (κ1) is 5.40. The van der Waals surface area contributed by atoms with Crippen LogP contribution in [0.25, 0.3) is 0 Å². The molecule has 0 atom stereocenters. The van der Waals surface area contributed by atoms with Gasteiger partial charge in [0.1, 0.15) is 0 Å². The van der Waals surface area contributed by atoms with E-state index in [1.165, 1.54) is 12.8 Å². The maximum atomic E-state index is 2.57. The van der Waals surface area contributed by atoms with Gasteiger partial charge in [-0.15, -0.1) is 0 Å². The predicted octanol–water partition coefficient (Wildman–Crippen LogP) is 0.870. The fourth-order valence-electron chi connectivity index (χ4n) is 0.167. The minimum absolute atomic E-state index is 0. The maximum absolute atomic E-state index is 2.57. The molecule has 0 amide bonds. The van der Waals surface area contributed by atoms with Crippen LogP contribution in [0, 0.1) is 0 Å². The van der Waals surface area contributed by atoms with Crippen LogP contribution in [0.3, 0.4) is 0 Å². The van der Waals surface area contributed by atoms with Crippen molar-refractivity contribution >= 4 is 20.7 Å². The molecule has 0 heterocycles. The van der Waals surface area contributed by atoms with Crippen LogP contribution in [-0.4, -0.2) is 20.7 Å². The monoisotopic (exact) mass is 84.1 g/mol. The van der Waals surface area contributed by atoms with Crippen LogP contribution >= 0.6 is 0 Å². The van der Waals surface area contributed by atoms with Crippen LogP contribution in [-0.2, 0) is 0 Å². The zero-order valence-electron chi connectivity index (χ0n) is 4.57. The quantitative estimate of drug-likeness (QED) is 0.435. The minimum Gasteiger partial charge on any atom is -1.00 e. The van der Waals surface area contributed by atoms with Crippen molar-refractivity contribution in [3.05, 3.63) is 0 Å². The first-order valence-corrected chi connectivity index (χ1v) is 2.62. The Bertz CT molecular complexity index is 28.7. The molecule has 0 saturated heterocycles. The molecule has 0 bridgehead atoms. The van der Waals surface area contributed by atoms with E-state index in [2.05, 4.69) is 27.7 Å². The summed E-state index contributed by atoms with van der Waals surface area (Å²) >= 11 is 2.57. The molecule has 0 aliphatic rings. The molecule has 1 heteroatoms. The fraction of sp³-hybridized carbons (Fsp3) is 0.750. The van der Waals surface area contributed by atoms with Crippen molar-refractivity contribution < 1.29 is 1.43 Å². The van der Waals surface area contributed by atoms with Gasteiger partial charge in [0, 0.05) is 0 Å². The first-order chi connectivity index (χ1) is 2.41. The molecule has 0 unspecified atom stereocenters. The molecule has 0 aliphatic heterocycles. The molecule has 0 aromatic carbocycles. The summed E-state index contributed by atoms with van der Waals surface area (Å²) in [6, 6.07) is 0. The zero-order valence-corrected chi connectivity index (χ0v) is 4.72. The molecule has 0 aliphatic carbocycles. The Balaban J connectivity index is 0. The van der Waals surface area contributed by atoms with E-state index >= 15 is 0 Å². The van der Waals surface area contributed by atoms with Crippen LogP contribution in [0.5, 0.6) is 0 Å². The average molecular weight is 84.1 g/mol. The van der Waals surface area contributed by atoms with Crippen molar-refractivity contribution in [1.29, 1.82) is 0 Å². The summed E-state index contributed by atoms with van der Waals surface area (Å²) < 4.78 is 0. The van der Waals surface area contributed by atoms with Gasteiger partial charge in [-0.2, -0.15) is 0 Å². The van der Waals surface area contributed by atoms with Crippen LogP contribution in [0.1, 0.15) is 21.2 Å². The Morgan fingerprint density at radius 2 is 2.60 bits per heavy atom. The third-order valence-electron chi connectivity index (χ3n) is 0.455. The second kappa shape index (κ2) is 4.40. The van der Waals surface area contributed by atoms with E-state index in [0.717, 1.165) is 0 Å². The van der Waals surface area contributed by atoms with Crippen LogP contribution in [0.4, 0.5) is 0 Å². The Labute approximate surface area is 42.6 Å². The van der Waals surface area contributed by atoms with Gasteiger partial charge in [-0.05, 0) is 0 Å². The van der Waals surface area contributed by atoms with Crippen molar-refractivity contribution in [3.63, 3.8) is 0 Å². The van der Waals surface area contributed by atoms with Gasteiger partial charge in [0.15, 0.2) is 0 Å². The second-order valence-corrected chi connectivity index (χ2v) is 1.50.